The number of carbonyl (C=O) groups excluding carboxylic acids is 1. The third-order valence-electron chi connectivity index (χ3n) is 2.71. The molecule has 0 aliphatic rings. The van der Waals surface area contributed by atoms with Crippen LogP contribution in [0, 0.1) is 0 Å². The van der Waals surface area contributed by atoms with E-state index in [-0.39, 0.29) is 5.91 Å². The molecule has 0 atom stereocenters. The molecule has 21 heavy (non-hydrogen) atoms. The molecule has 0 radical (unpaired) electrons. The van der Waals surface area contributed by atoms with E-state index in [9.17, 15) is 4.79 Å². The highest BCUT2D eigenvalue weighted by Gasteiger charge is 2.05. The molecule has 0 unspecified atom stereocenters. The number of anilines is 2. The van der Waals surface area contributed by atoms with E-state index in [0.717, 1.165) is 10.2 Å². The molecular formula is C15H16BrN3O2. The quantitative estimate of drug-likeness (QED) is 0.787. The average Bonchev–Trinajstić information content (AvgIpc) is 2.48. The zero-order valence-corrected chi connectivity index (χ0v) is 13.2. The van der Waals surface area contributed by atoms with Crippen molar-refractivity contribution in [3.8, 4) is 0 Å². The lowest BCUT2D eigenvalue weighted by molar-refractivity contribution is 0.0937. The number of nitrogens with zero attached hydrogens (tertiary/aromatic N) is 1. The van der Waals surface area contributed by atoms with Gasteiger partial charge in [0.25, 0.3) is 5.91 Å². The zero-order chi connectivity index (χ0) is 15.1. The molecule has 0 bridgehead atoms. The Morgan fingerprint density at radius 1 is 1.33 bits per heavy atom. The van der Waals surface area contributed by atoms with Crippen LogP contribution in [-0.4, -0.2) is 31.2 Å². The normalized spacial score (nSPS) is 10.2. The van der Waals surface area contributed by atoms with Crippen LogP contribution in [0.25, 0.3) is 0 Å². The van der Waals surface area contributed by atoms with Gasteiger partial charge in [-0.2, -0.15) is 0 Å². The Balaban J connectivity index is 1.97. The second-order valence-electron chi connectivity index (χ2n) is 4.32. The first-order valence-electron chi connectivity index (χ1n) is 6.45. The average molecular weight is 350 g/mol. The van der Waals surface area contributed by atoms with Crippen LogP contribution in [0.3, 0.4) is 0 Å². The highest BCUT2D eigenvalue weighted by molar-refractivity contribution is 9.10. The molecule has 110 valence electrons. The van der Waals surface area contributed by atoms with Crippen molar-refractivity contribution in [1.82, 2.24) is 10.3 Å². The summed E-state index contributed by atoms with van der Waals surface area (Å²) in [5.74, 6) is 0.523. The van der Waals surface area contributed by atoms with E-state index in [1.54, 1.807) is 25.4 Å². The summed E-state index contributed by atoms with van der Waals surface area (Å²) in [7, 11) is 1.59. The predicted molar refractivity (Wildman–Crippen MR) is 85.9 cm³/mol. The van der Waals surface area contributed by atoms with Crippen molar-refractivity contribution in [3.63, 3.8) is 0 Å². The van der Waals surface area contributed by atoms with Gasteiger partial charge in [0.2, 0.25) is 0 Å². The highest BCUT2D eigenvalue weighted by Crippen LogP contribution is 2.19. The van der Waals surface area contributed by atoms with E-state index in [4.69, 9.17) is 4.74 Å². The van der Waals surface area contributed by atoms with Gasteiger partial charge in [0, 0.05) is 30.0 Å². The van der Waals surface area contributed by atoms with E-state index < -0.39 is 0 Å². The molecule has 1 amide bonds. The number of nitrogens with one attached hydrogen (secondary N) is 2. The van der Waals surface area contributed by atoms with Crippen molar-refractivity contribution in [1.29, 1.82) is 0 Å². The van der Waals surface area contributed by atoms with Gasteiger partial charge in [0.1, 0.15) is 5.82 Å². The molecule has 5 nitrogen and oxygen atoms in total. The van der Waals surface area contributed by atoms with Crippen molar-refractivity contribution in [2.24, 2.45) is 0 Å². The van der Waals surface area contributed by atoms with Crippen LogP contribution in [0.15, 0.2) is 47.1 Å². The molecule has 0 spiro atoms. The Hall–Kier alpha value is -1.92. The van der Waals surface area contributed by atoms with Gasteiger partial charge < -0.3 is 15.4 Å². The van der Waals surface area contributed by atoms with Crippen molar-refractivity contribution in [3.05, 3.63) is 52.6 Å². The third-order valence-corrected chi connectivity index (χ3v) is 3.21. The standard InChI is InChI=1S/C15H16BrN3O2/c1-21-8-7-17-15(20)11-5-6-14(18-10-11)19-13-4-2-3-12(16)9-13/h2-6,9-10H,7-8H2,1H3,(H,17,20)(H,18,19). The van der Waals surface area contributed by atoms with Gasteiger partial charge in [-0.05, 0) is 30.3 Å². The fourth-order valence-electron chi connectivity index (χ4n) is 1.68. The first-order valence-corrected chi connectivity index (χ1v) is 7.24. The van der Waals surface area contributed by atoms with Gasteiger partial charge in [-0.3, -0.25) is 4.79 Å². The second-order valence-corrected chi connectivity index (χ2v) is 5.23. The fraction of sp³-hybridized carbons (Fsp3) is 0.200. The van der Waals surface area contributed by atoms with Crippen LogP contribution in [0.4, 0.5) is 11.5 Å². The van der Waals surface area contributed by atoms with E-state index in [0.29, 0.717) is 24.5 Å². The van der Waals surface area contributed by atoms with Crippen molar-refractivity contribution < 1.29 is 9.53 Å². The van der Waals surface area contributed by atoms with Crippen molar-refractivity contribution in [2.45, 2.75) is 0 Å². The minimum Gasteiger partial charge on any atom is -0.383 e. The molecule has 1 aromatic heterocycles. The van der Waals surface area contributed by atoms with Crippen LogP contribution < -0.4 is 10.6 Å². The van der Waals surface area contributed by atoms with Crippen LogP contribution in [0.5, 0.6) is 0 Å². The van der Waals surface area contributed by atoms with Crippen LogP contribution >= 0.6 is 15.9 Å². The molecule has 2 rings (SSSR count). The highest BCUT2D eigenvalue weighted by atomic mass is 79.9. The van der Waals surface area contributed by atoms with Gasteiger partial charge in [0.15, 0.2) is 0 Å². The van der Waals surface area contributed by atoms with Crippen LogP contribution in [-0.2, 0) is 4.74 Å². The number of ether oxygens (including phenoxy) is 1. The first-order chi connectivity index (χ1) is 10.2. The number of benzene rings is 1. The van der Waals surface area contributed by atoms with E-state index in [1.165, 1.54) is 0 Å². The lowest BCUT2D eigenvalue weighted by Crippen LogP contribution is -2.26. The molecule has 0 fully saturated rings. The number of hydrogen-bond acceptors (Lipinski definition) is 4. The molecule has 2 aromatic rings. The Morgan fingerprint density at radius 2 is 2.19 bits per heavy atom. The summed E-state index contributed by atoms with van der Waals surface area (Å²) in [6.07, 6.45) is 1.54. The lowest BCUT2D eigenvalue weighted by Gasteiger charge is -2.07. The number of amides is 1. The molecule has 2 N–H and O–H groups in total. The molecule has 0 saturated carbocycles. The Morgan fingerprint density at radius 3 is 2.86 bits per heavy atom. The van der Waals surface area contributed by atoms with Gasteiger partial charge in [-0.15, -0.1) is 0 Å². The molecular weight excluding hydrogens is 334 g/mol. The van der Waals surface area contributed by atoms with Gasteiger partial charge in [-0.25, -0.2) is 4.98 Å². The van der Waals surface area contributed by atoms with Gasteiger partial charge in [0.05, 0.1) is 12.2 Å². The summed E-state index contributed by atoms with van der Waals surface area (Å²) in [5, 5.41) is 5.92. The third kappa shape index (κ3) is 4.84. The van der Waals surface area contributed by atoms with E-state index in [2.05, 4.69) is 31.5 Å². The van der Waals surface area contributed by atoms with Gasteiger partial charge >= 0.3 is 0 Å². The maximum absolute atomic E-state index is 11.8. The largest absolute Gasteiger partial charge is 0.383 e. The minimum absolute atomic E-state index is 0.159. The number of halogens is 1. The van der Waals surface area contributed by atoms with Crippen LogP contribution in [0.2, 0.25) is 0 Å². The van der Waals surface area contributed by atoms with Crippen molar-refractivity contribution >= 4 is 33.3 Å². The molecule has 1 aromatic carbocycles. The number of carbonyl (C=O) groups is 1. The summed E-state index contributed by atoms with van der Waals surface area (Å²) in [6, 6.07) is 11.3. The molecule has 1 heterocycles. The molecule has 0 saturated heterocycles. The Kier molecular flexibility index (Phi) is 5.71. The number of methoxy groups -OCH3 is 1. The Labute approximate surface area is 131 Å². The van der Waals surface area contributed by atoms with E-state index in [1.807, 2.05) is 24.3 Å². The maximum Gasteiger partial charge on any atom is 0.252 e. The van der Waals surface area contributed by atoms with Crippen LogP contribution in [0.1, 0.15) is 10.4 Å². The summed E-state index contributed by atoms with van der Waals surface area (Å²) in [5.41, 5.74) is 1.44. The summed E-state index contributed by atoms with van der Waals surface area (Å²) < 4.78 is 5.87. The van der Waals surface area contributed by atoms with Crippen molar-refractivity contribution in [2.75, 3.05) is 25.6 Å². The topological polar surface area (TPSA) is 63.2 Å². The molecule has 6 heteroatoms. The SMILES string of the molecule is COCCNC(=O)c1ccc(Nc2cccc(Br)c2)nc1. The maximum atomic E-state index is 11.8. The minimum atomic E-state index is -0.159. The lowest BCUT2D eigenvalue weighted by atomic mass is 10.2. The number of pyridine rings is 1. The number of rotatable bonds is 6. The molecule has 0 aliphatic heterocycles. The Bertz CT molecular complexity index is 602. The van der Waals surface area contributed by atoms with E-state index >= 15 is 0 Å². The monoisotopic (exact) mass is 349 g/mol. The molecule has 0 aliphatic carbocycles. The number of hydrogen-bond donors (Lipinski definition) is 2. The smallest absolute Gasteiger partial charge is 0.252 e. The summed E-state index contributed by atoms with van der Waals surface area (Å²) in [6.45, 7) is 0.967. The summed E-state index contributed by atoms with van der Waals surface area (Å²) >= 11 is 3.41. The summed E-state index contributed by atoms with van der Waals surface area (Å²) in [4.78, 5) is 16.0. The first kappa shape index (κ1) is 15.5. The van der Waals surface area contributed by atoms with Gasteiger partial charge in [-0.1, -0.05) is 22.0 Å². The second kappa shape index (κ2) is 7.75. The fourth-order valence-corrected chi connectivity index (χ4v) is 2.08. The predicted octanol–water partition coefficient (Wildman–Crippen LogP) is 2.96. The zero-order valence-electron chi connectivity index (χ0n) is 11.6. The number of aromatic nitrogens is 1.